The molecule has 0 heterocycles. The molecule has 0 amide bonds. The van der Waals surface area contributed by atoms with E-state index in [0.717, 1.165) is 17.4 Å². The molecule has 16 heavy (non-hydrogen) atoms. The molecule has 0 aliphatic heterocycles. The molecule has 0 aliphatic rings. The summed E-state index contributed by atoms with van der Waals surface area (Å²) < 4.78 is 3.86. The number of hydrogen-bond acceptors (Lipinski definition) is 3. The van der Waals surface area contributed by atoms with Gasteiger partial charge in [0.05, 0.1) is 7.11 Å². The van der Waals surface area contributed by atoms with E-state index in [1.807, 2.05) is 6.92 Å². The highest BCUT2D eigenvalue weighted by atomic mass is 16.5. The molecule has 0 saturated heterocycles. The second kappa shape index (κ2) is 6.88. The minimum atomic E-state index is 0.375. The van der Waals surface area contributed by atoms with Gasteiger partial charge in [0.2, 0.25) is 0 Å². The van der Waals surface area contributed by atoms with Crippen LogP contribution < -0.4 is 10.9 Å². The summed E-state index contributed by atoms with van der Waals surface area (Å²) in [5.74, 6) is 0. The Morgan fingerprint density at radius 2 is 1.75 bits per heavy atom. The molecular weight excluding hydrogens is 202 g/mol. The van der Waals surface area contributed by atoms with E-state index in [9.17, 15) is 4.79 Å². The number of carbonyl (C=O) groups excluding carboxylic acids is 2. The average Bonchev–Trinajstić information content (AvgIpc) is 2.27. The minimum Gasteiger partial charge on any atom is -0.471 e. The van der Waals surface area contributed by atoms with Gasteiger partial charge in [0.25, 0.3) is 6.47 Å². The minimum absolute atomic E-state index is 0.375. The summed E-state index contributed by atoms with van der Waals surface area (Å²) in [6.07, 6.45) is 0.761. The summed E-state index contributed by atoms with van der Waals surface area (Å²) in [7, 11) is 12.6. The summed E-state index contributed by atoms with van der Waals surface area (Å²) in [5, 5.41) is 0. The second-order valence-corrected chi connectivity index (χ2v) is 3.18. The monoisotopic (exact) mass is 214 g/mol. The molecule has 1 aromatic carbocycles. The average molecular weight is 214 g/mol. The van der Waals surface area contributed by atoms with Crippen LogP contribution in [0.15, 0.2) is 6.07 Å². The Balaban J connectivity index is 0.000000487. The largest absolute Gasteiger partial charge is 0.471 e. The van der Waals surface area contributed by atoms with E-state index in [0.29, 0.717) is 23.0 Å². The number of hydrogen-bond donors (Lipinski definition) is 0. The van der Waals surface area contributed by atoms with Crippen molar-refractivity contribution in [2.45, 2.75) is 13.8 Å². The molecule has 0 aliphatic carbocycles. The number of carbonyl (C=O) groups is 2. The van der Waals surface area contributed by atoms with Gasteiger partial charge in [0.15, 0.2) is 0 Å². The number of ether oxygens (including phenoxy) is 1. The maximum atomic E-state index is 10.6. The van der Waals surface area contributed by atoms with Crippen molar-refractivity contribution in [1.29, 1.82) is 0 Å². The Labute approximate surface area is 98.0 Å². The van der Waals surface area contributed by atoms with Crippen LogP contribution in [0.25, 0.3) is 0 Å². The third kappa shape index (κ3) is 3.57. The molecule has 0 atom stereocenters. The summed E-state index contributed by atoms with van der Waals surface area (Å²) in [6.45, 7) is 3.99. The van der Waals surface area contributed by atoms with Gasteiger partial charge < -0.3 is 4.74 Å². The van der Waals surface area contributed by atoms with Gasteiger partial charge in [-0.2, -0.15) is 0 Å². The Bertz CT molecular complexity index is 389. The van der Waals surface area contributed by atoms with Gasteiger partial charge in [-0.3, -0.25) is 9.59 Å². The quantitative estimate of drug-likeness (QED) is 0.491. The fourth-order valence-corrected chi connectivity index (χ4v) is 1.15. The molecule has 1 rings (SSSR count). The summed E-state index contributed by atoms with van der Waals surface area (Å²) in [4.78, 5) is 19.5. The number of benzene rings is 1. The van der Waals surface area contributed by atoms with Crippen LogP contribution in [0.5, 0.6) is 0 Å². The van der Waals surface area contributed by atoms with E-state index in [1.165, 1.54) is 7.11 Å². The fraction of sp³-hybridized carbons (Fsp3) is 0.273. The first-order valence-corrected chi connectivity index (χ1v) is 4.56. The van der Waals surface area contributed by atoms with E-state index >= 15 is 0 Å². The smallest absolute Gasteiger partial charge is 0.292 e. The standard InChI is InChI=1S/C9H8B2O.C2H4O2/c1-5-3-8(10)6(2)9(11)7(5)4-12;1-4-2-3/h3-4H,1-2H3;2H,1H3. The molecule has 0 unspecified atom stereocenters. The topological polar surface area (TPSA) is 43.4 Å². The molecule has 0 fully saturated rings. The van der Waals surface area contributed by atoms with Crippen molar-refractivity contribution < 1.29 is 14.3 Å². The molecule has 1 aromatic rings. The summed E-state index contributed by atoms with van der Waals surface area (Å²) >= 11 is 0. The zero-order valence-corrected chi connectivity index (χ0v) is 9.61. The van der Waals surface area contributed by atoms with Gasteiger partial charge in [0.1, 0.15) is 22.0 Å². The molecule has 0 bridgehead atoms. The lowest BCUT2D eigenvalue weighted by Gasteiger charge is -2.10. The van der Waals surface area contributed by atoms with Crippen LogP contribution in [0.4, 0.5) is 0 Å². The summed E-state index contributed by atoms with van der Waals surface area (Å²) in [5.41, 5.74) is 3.27. The first-order chi connectivity index (χ1) is 7.49. The first kappa shape index (κ1) is 14.5. The van der Waals surface area contributed by atoms with Gasteiger partial charge in [-0.05, 0) is 19.4 Å². The van der Waals surface area contributed by atoms with E-state index in [1.54, 1.807) is 13.0 Å². The van der Waals surface area contributed by atoms with Crippen LogP contribution in [0.2, 0.25) is 0 Å². The van der Waals surface area contributed by atoms with Crippen LogP contribution in [-0.2, 0) is 9.53 Å². The SMILES string of the molecule is COC=O.[B]c1cc(C)c(C=O)c([B])c1C. The molecule has 0 saturated carbocycles. The predicted octanol–water partition coefficient (Wildman–Crippen LogP) is -0.507. The first-order valence-electron chi connectivity index (χ1n) is 4.56. The van der Waals surface area contributed by atoms with Gasteiger partial charge >= 0.3 is 0 Å². The molecule has 80 valence electrons. The molecule has 0 spiro atoms. The highest BCUT2D eigenvalue weighted by Gasteiger charge is 2.05. The van der Waals surface area contributed by atoms with Gasteiger partial charge in [-0.1, -0.05) is 22.6 Å². The lowest BCUT2D eigenvalue weighted by atomic mass is 9.77. The maximum Gasteiger partial charge on any atom is 0.292 e. The van der Waals surface area contributed by atoms with Gasteiger partial charge in [-0.25, -0.2) is 0 Å². The highest BCUT2D eigenvalue weighted by Crippen LogP contribution is 2.01. The van der Waals surface area contributed by atoms with Crippen LogP contribution in [0.3, 0.4) is 0 Å². The molecular formula is C11H12B2O3. The normalized spacial score (nSPS) is 8.69. The van der Waals surface area contributed by atoms with Crippen molar-refractivity contribution in [2.75, 3.05) is 7.11 Å². The lowest BCUT2D eigenvalue weighted by molar-refractivity contribution is -0.126. The Morgan fingerprint density at radius 1 is 1.25 bits per heavy atom. The van der Waals surface area contributed by atoms with Crippen molar-refractivity contribution in [3.63, 3.8) is 0 Å². The van der Waals surface area contributed by atoms with E-state index < -0.39 is 0 Å². The molecule has 0 N–H and O–H groups in total. The predicted molar refractivity (Wildman–Crippen MR) is 65.2 cm³/mol. The van der Waals surface area contributed by atoms with Crippen LogP contribution >= 0.6 is 0 Å². The Hall–Kier alpha value is -1.51. The Kier molecular flexibility index (Phi) is 6.23. The van der Waals surface area contributed by atoms with Crippen molar-refractivity contribution in [3.8, 4) is 0 Å². The van der Waals surface area contributed by atoms with E-state index in [-0.39, 0.29) is 0 Å². The maximum absolute atomic E-state index is 10.6. The molecule has 3 nitrogen and oxygen atoms in total. The fourth-order valence-electron chi connectivity index (χ4n) is 1.15. The van der Waals surface area contributed by atoms with Crippen LogP contribution in [0.1, 0.15) is 21.5 Å². The number of aldehydes is 1. The van der Waals surface area contributed by atoms with Gasteiger partial charge in [-0.15, -0.1) is 0 Å². The van der Waals surface area contributed by atoms with E-state index in [4.69, 9.17) is 20.5 Å². The number of rotatable bonds is 2. The Morgan fingerprint density at radius 3 is 2.12 bits per heavy atom. The zero-order chi connectivity index (χ0) is 12.7. The van der Waals surface area contributed by atoms with Crippen molar-refractivity contribution in [1.82, 2.24) is 0 Å². The number of aryl methyl sites for hydroxylation is 1. The third-order valence-corrected chi connectivity index (χ3v) is 2.14. The third-order valence-electron chi connectivity index (χ3n) is 2.14. The molecule has 5 heteroatoms. The van der Waals surface area contributed by atoms with Crippen molar-refractivity contribution in [2.24, 2.45) is 0 Å². The molecule has 0 aromatic heterocycles. The van der Waals surface area contributed by atoms with Crippen molar-refractivity contribution >= 4 is 39.4 Å². The second-order valence-electron chi connectivity index (χ2n) is 3.18. The van der Waals surface area contributed by atoms with Crippen LogP contribution in [0, 0.1) is 13.8 Å². The van der Waals surface area contributed by atoms with Crippen molar-refractivity contribution in [3.05, 3.63) is 22.8 Å². The van der Waals surface area contributed by atoms with Gasteiger partial charge in [0, 0.05) is 5.56 Å². The zero-order valence-electron chi connectivity index (χ0n) is 9.61. The summed E-state index contributed by atoms with van der Waals surface area (Å²) in [6, 6.07) is 1.76. The molecule has 4 radical (unpaired) electrons. The number of methoxy groups -OCH3 is 1. The van der Waals surface area contributed by atoms with E-state index in [2.05, 4.69) is 4.74 Å². The van der Waals surface area contributed by atoms with Crippen LogP contribution in [-0.4, -0.2) is 35.6 Å². The highest BCUT2D eigenvalue weighted by molar-refractivity contribution is 6.41. The lowest BCUT2D eigenvalue weighted by Crippen LogP contribution is -2.25.